The molecule has 0 amide bonds. The molecule has 0 aliphatic carbocycles. The fraction of sp³-hybridized carbons (Fsp3) is 0.400. The third-order valence-electron chi connectivity index (χ3n) is 1.90. The molecule has 1 aromatic carbocycles. The van der Waals surface area contributed by atoms with Crippen molar-refractivity contribution in [3.63, 3.8) is 0 Å². The van der Waals surface area contributed by atoms with Crippen molar-refractivity contribution < 1.29 is 14.9 Å². The predicted octanol–water partition coefficient (Wildman–Crippen LogP) is 1.82. The van der Waals surface area contributed by atoms with Crippen LogP contribution in [-0.2, 0) is 16.2 Å². The van der Waals surface area contributed by atoms with Gasteiger partial charge in [-0.2, -0.15) is 0 Å². The van der Waals surface area contributed by atoms with Crippen molar-refractivity contribution in [2.75, 3.05) is 13.7 Å². The van der Waals surface area contributed by atoms with Gasteiger partial charge in [-0.3, -0.25) is 0 Å². The quantitative estimate of drug-likeness (QED) is 0.438. The van der Waals surface area contributed by atoms with E-state index in [1.807, 2.05) is 13.0 Å². The highest BCUT2D eigenvalue weighted by molar-refractivity contribution is 5.33. The number of hydrogen-bond acceptors (Lipinski definition) is 3. The average Bonchev–Trinajstić information content (AvgIpc) is 2.09. The maximum atomic E-state index is 9.15. The van der Waals surface area contributed by atoms with E-state index in [-0.39, 0.29) is 0 Å². The molecule has 0 spiro atoms. The molecule has 0 heterocycles. The van der Waals surface area contributed by atoms with Crippen LogP contribution < -0.4 is 0 Å². The van der Waals surface area contributed by atoms with E-state index in [0.717, 1.165) is 17.5 Å². The number of aromatic hydroxyl groups is 1. The van der Waals surface area contributed by atoms with Crippen molar-refractivity contribution in [2.24, 2.45) is 0 Å². The number of rotatable bonds is 4. The molecule has 72 valence electrons. The van der Waals surface area contributed by atoms with Crippen LogP contribution in [0.2, 0.25) is 0 Å². The van der Waals surface area contributed by atoms with Crippen molar-refractivity contribution in [1.29, 1.82) is 0 Å². The first-order valence-electron chi connectivity index (χ1n) is 4.18. The first kappa shape index (κ1) is 10.0. The monoisotopic (exact) mass is 182 g/mol. The van der Waals surface area contributed by atoms with Gasteiger partial charge in [0.2, 0.25) is 0 Å². The topological polar surface area (TPSA) is 38.7 Å². The predicted molar refractivity (Wildman–Crippen MR) is 49.5 cm³/mol. The number of hydrogen-bond donors (Lipinski definition) is 1. The minimum atomic E-state index is 0.300. The number of aryl methyl sites for hydroxylation is 1. The molecule has 0 bridgehead atoms. The molecular formula is C10H14O3. The van der Waals surface area contributed by atoms with Crippen molar-refractivity contribution in [2.45, 2.75) is 13.3 Å². The molecule has 0 aromatic heterocycles. The van der Waals surface area contributed by atoms with Crippen LogP contribution in [0.4, 0.5) is 0 Å². The Hall–Kier alpha value is -1.06. The van der Waals surface area contributed by atoms with Gasteiger partial charge in [-0.05, 0) is 36.6 Å². The zero-order chi connectivity index (χ0) is 9.68. The van der Waals surface area contributed by atoms with Gasteiger partial charge in [0.15, 0.2) is 0 Å². The largest absolute Gasteiger partial charge is 0.508 e. The number of benzene rings is 1. The van der Waals surface area contributed by atoms with Gasteiger partial charge < -0.3 is 5.11 Å². The Labute approximate surface area is 77.8 Å². The highest BCUT2D eigenvalue weighted by Gasteiger charge is 1.99. The Bertz CT molecular complexity index is 271. The van der Waals surface area contributed by atoms with Crippen LogP contribution in [0.15, 0.2) is 18.2 Å². The Morgan fingerprint density at radius 1 is 1.38 bits per heavy atom. The lowest BCUT2D eigenvalue weighted by Gasteiger charge is -2.05. The summed E-state index contributed by atoms with van der Waals surface area (Å²) in [5.74, 6) is 0.300. The second-order valence-corrected chi connectivity index (χ2v) is 2.85. The second kappa shape index (κ2) is 4.84. The van der Waals surface area contributed by atoms with Gasteiger partial charge in [-0.15, -0.1) is 0 Å². The van der Waals surface area contributed by atoms with Crippen LogP contribution in [0.5, 0.6) is 5.75 Å². The van der Waals surface area contributed by atoms with Crippen LogP contribution in [0, 0.1) is 6.92 Å². The Morgan fingerprint density at radius 3 is 2.77 bits per heavy atom. The van der Waals surface area contributed by atoms with Gasteiger partial charge in [-0.25, -0.2) is 9.78 Å². The molecule has 0 saturated heterocycles. The molecule has 1 rings (SSSR count). The number of phenols is 1. The lowest BCUT2D eigenvalue weighted by atomic mass is 10.1. The molecular weight excluding hydrogens is 168 g/mol. The fourth-order valence-electron chi connectivity index (χ4n) is 1.20. The molecule has 0 aliphatic heterocycles. The smallest absolute Gasteiger partial charge is 0.115 e. The van der Waals surface area contributed by atoms with Gasteiger partial charge in [0.25, 0.3) is 0 Å². The molecule has 1 aromatic rings. The maximum Gasteiger partial charge on any atom is 0.115 e. The summed E-state index contributed by atoms with van der Waals surface area (Å²) < 4.78 is 0. The standard InChI is InChI=1S/C10H14O3/c1-8-7-10(11)4-3-9(8)5-6-13-12-2/h3-4,7,11H,5-6H2,1-2H3. The van der Waals surface area contributed by atoms with Gasteiger partial charge in [0.1, 0.15) is 5.75 Å². The van der Waals surface area contributed by atoms with E-state index < -0.39 is 0 Å². The third kappa shape index (κ3) is 3.05. The van der Waals surface area contributed by atoms with Crippen LogP contribution >= 0.6 is 0 Å². The Balaban J connectivity index is 2.56. The molecule has 0 unspecified atom stereocenters. The summed E-state index contributed by atoms with van der Waals surface area (Å²) in [6, 6.07) is 5.31. The molecule has 0 aliphatic rings. The number of phenolic OH excluding ortho intramolecular Hbond substituents is 1. The molecule has 0 fully saturated rings. The van der Waals surface area contributed by atoms with Gasteiger partial charge in [0.05, 0.1) is 13.7 Å². The van der Waals surface area contributed by atoms with E-state index in [4.69, 9.17) is 9.99 Å². The van der Waals surface area contributed by atoms with Crippen LogP contribution in [0.3, 0.4) is 0 Å². The maximum absolute atomic E-state index is 9.15. The Kier molecular flexibility index (Phi) is 3.73. The summed E-state index contributed by atoms with van der Waals surface area (Å²) in [5, 5.41) is 9.15. The molecule has 0 atom stereocenters. The SMILES string of the molecule is COOCCc1ccc(O)cc1C. The molecule has 13 heavy (non-hydrogen) atoms. The molecule has 0 radical (unpaired) electrons. The summed E-state index contributed by atoms with van der Waals surface area (Å²) in [5.41, 5.74) is 2.23. The summed E-state index contributed by atoms with van der Waals surface area (Å²) in [4.78, 5) is 9.24. The normalized spacial score (nSPS) is 10.3. The minimum absolute atomic E-state index is 0.300. The first-order valence-corrected chi connectivity index (χ1v) is 4.18. The zero-order valence-electron chi connectivity index (χ0n) is 7.91. The second-order valence-electron chi connectivity index (χ2n) is 2.85. The highest BCUT2D eigenvalue weighted by Crippen LogP contribution is 2.15. The Morgan fingerprint density at radius 2 is 2.15 bits per heavy atom. The summed E-state index contributed by atoms with van der Waals surface area (Å²) in [6.07, 6.45) is 0.792. The van der Waals surface area contributed by atoms with E-state index in [2.05, 4.69) is 4.89 Å². The molecule has 1 N–H and O–H groups in total. The van der Waals surface area contributed by atoms with E-state index in [0.29, 0.717) is 12.4 Å². The lowest BCUT2D eigenvalue weighted by Crippen LogP contribution is -1.98. The average molecular weight is 182 g/mol. The molecule has 3 nitrogen and oxygen atoms in total. The molecule has 3 heteroatoms. The van der Waals surface area contributed by atoms with Crippen LogP contribution in [0.1, 0.15) is 11.1 Å². The third-order valence-corrected chi connectivity index (χ3v) is 1.90. The van der Waals surface area contributed by atoms with Crippen molar-refractivity contribution >= 4 is 0 Å². The van der Waals surface area contributed by atoms with E-state index in [9.17, 15) is 0 Å². The van der Waals surface area contributed by atoms with Crippen molar-refractivity contribution in [1.82, 2.24) is 0 Å². The first-order chi connectivity index (χ1) is 6.24. The fourth-order valence-corrected chi connectivity index (χ4v) is 1.20. The highest BCUT2D eigenvalue weighted by atomic mass is 17.2. The van der Waals surface area contributed by atoms with Crippen molar-refractivity contribution in [3.05, 3.63) is 29.3 Å². The summed E-state index contributed by atoms with van der Waals surface area (Å²) in [6.45, 7) is 2.49. The van der Waals surface area contributed by atoms with Gasteiger partial charge in [0, 0.05) is 0 Å². The van der Waals surface area contributed by atoms with Gasteiger partial charge in [-0.1, -0.05) is 6.07 Å². The molecule has 0 saturated carbocycles. The van der Waals surface area contributed by atoms with E-state index in [1.165, 1.54) is 7.11 Å². The van der Waals surface area contributed by atoms with E-state index >= 15 is 0 Å². The summed E-state index contributed by atoms with van der Waals surface area (Å²) in [7, 11) is 1.49. The van der Waals surface area contributed by atoms with Gasteiger partial charge >= 0.3 is 0 Å². The van der Waals surface area contributed by atoms with Crippen LogP contribution in [0.25, 0.3) is 0 Å². The lowest BCUT2D eigenvalue weighted by molar-refractivity contribution is -0.271. The minimum Gasteiger partial charge on any atom is -0.508 e. The van der Waals surface area contributed by atoms with E-state index in [1.54, 1.807) is 12.1 Å². The van der Waals surface area contributed by atoms with Crippen LogP contribution in [-0.4, -0.2) is 18.8 Å². The summed E-state index contributed by atoms with van der Waals surface area (Å²) >= 11 is 0. The zero-order valence-corrected chi connectivity index (χ0v) is 7.91. The van der Waals surface area contributed by atoms with Crippen molar-refractivity contribution in [3.8, 4) is 5.75 Å².